The molecular formula is C19H20N2O2. The molecular weight excluding hydrogens is 288 g/mol. The van der Waals surface area contributed by atoms with Gasteiger partial charge in [0.25, 0.3) is 11.8 Å². The molecule has 1 aliphatic heterocycles. The molecule has 23 heavy (non-hydrogen) atoms. The molecule has 4 heteroatoms. The quantitative estimate of drug-likeness (QED) is 0.815. The van der Waals surface area contributed by atoms with Crippen LogP contribution in [0.3, 0.4) is 0 Å². The molecule has 0 radical (unpaired) electrons. The van der Waals surface area contributed by atoms with Gasteiger partial charge in [-0.15, -0.1) is 0 Å². The summed E-state index contributed by atoms with van der Waals surface area (Å²) >= 11 is 0. The molecule has 2 aromatic carbocycles. The van der Waals surface area contributed by atoms with Crippen molar-refractivity contribution in [2.45, 2.75) is 20.4 Å². The van der Waals surface area contributed by atoms with Gasteiger partial charge in [0.1, 0.15) is 0 Å². The summed E-state index contributed by atoms with van der Waals surface area (Å²) in [5.74, 6) is -0.420. The van der Waals surface area contributed by atoms with Gasteiger partial charge in [0.2, 0.25) is 0 Å². The van der Waals surface area contributed by atoms with Gasteiger partial charge in [-0.3, -0.25) is 19.4 Å². The second kappa shape index (κ2) is 5.97. The zero-order chi connectivity index (χ0) is 16.6. The van der Waals surface area contributed by atoms with Crippen molar-refractivity contribution in [2.75, 3.05) is 13.7 Å². The second-order valence-electron chi connectivity index (χ2n) is 6.17. The van der Waals surface area contributed by atoms with E-state index in [1.54, 1.807) is 24.3 Å². The largest absolute Gasteiger partial charge is 0.284 e. The summed E-state index contributed by atoms with van der Waals surface area (Å²) in [4.78, 5) is 28.1. The standard InChI is InChI=1S/C19H20N2O2/c1-13-8-9-15(14(2)10-13)11-20(3)12-21-18(22)16-6-4-5-7-17(16)19(21)23/h4-10H,11-12H2,1-3H3. The average Bonchev–Trinajstić information content (AvgIpc) is 2.76. The Morgan fingerprint density at radius 3 is 2.13 bits per heavy atom. The molecule has 0 N–H and O–H groups in total. The smallest absolute Gasteiger partial charge is 0.262 e. The molecule has 0 saturated carbocycles. The summed E-state index contributed by atoms with van der Waals surface area (Å²) in [5.41, 5.74) is 4.65. The van der Waals surface area contributed by atoms with E-state index in [1.165, 1.54) is 21.6 Å². The Labute approximate surface area is 136 Å². The van der Waals surface area contributed by atoms with Gasteiger partial charge in [0.15, 0.2) is 0 Å². The maximum Gasteiger partial charge on any atom is 0.262 e. The van der Waals surface area contributed by atoms with Crippen LogP contribution in [0.2, 0.25) is 0 Å². The van der Waals surface area contributed by atoms with Gasteiger partial charge in [-0.1, -0.05) is 35.9 Å². The number of nitrogens with zero attached hydrogens (tertiary/aromatic N) is 2. The van der Waals surface area contributed by atoms with Crippen molar-refractivity contribution in [3.05, 3.63) is 70.3 Å². The first-order valence-corrected chi connectivity index (χ1v) is 7.67. The molecule has 0 spiro atoms. The van der Waals surface area contributed by atoms with Crippen molar-refractivity contribution in [3.63, 3.8) is 0 Å². The minimum atomic E-state index is -0.210. The van der Waals surface area contributed by atoms with E-state index in [1.807, 2.05) is 11.9 Å². The van der Waals surface area contributed by atoms with Gasteiger partial charge in [-0.2, -0.15) is 0 Å². The molecule has 0 aromatic heterocycles. The lowest BCUT2D eigenvalue weighted by molar-refractivity contribution is 0.0559. The molecule has 1 heterocycles. The number of amides is 2. The van der Waals surface area contributed by atoms with Crippen molar-refractivity contribution in [2.24, 2.45) is 0 Å². The summed E-state index contributed by atoms with van der Waals surface area (Å²) in [5, 5.41) is 0. The zero-order valence-corrected chi connectivity index (χ0v) is 13.7. The lowest BCUT2D eigenvalue weighted by Crippen LogP contribution is -2.39. The van der Waals surface area contributed by atoms with E-state index >= 15 is 0 Å². The van der Waals surface area contributed by atoms with Crippen molar-refractivity contribution in [1.82, 2.24) is 9.80 Å². The van der Waals surface area contributed by atoms with Crippen LogP contribution in [-0.2, 0) is 6.54 Å². The molecule has 0 atom stereocenters. The van der Waals surface area contributed by atoms with Crippen LogP contribution in [0.4, 0.5) is 0 Å². The zero-order valence-electron chi connectivity index (χ0n) is 13.7. The molecule has 3 rings (SSSR count). The number of aryl methyl sites for hydroxylation is 2. The minimum absolute atomic E-state index is 0.210. The van der Waals surface area contributed by atoms with E-state index in [0.29, 0.717) is 24.3 Å². The number of carbonyl (C=O) groups is 2. The Morgan fingerprint density at radius 2 is 1.57 bits per heavy atom. The number of hydrogen-bond acceptors (Lipinski definition) is 3. The average molecular weight is 308 g/mol. The summed E-state index contributed by atoms with van der Waals surface area (Å²) < 4.78 is 0. The molecule has 0 saturated heterocycles. The highest BCUT2D eigenvalue weighted by molar-refractivity contribution is 6.21. The molecule has 0 aliphatic carbocycles. The molecule has 2 amide bonds. The first kappa shape index (κ1) is 15.4. The van der Waals surface area contributed by atoms with Crippen LogP contribution in [0.15, 0.2) is 42.5 Å². The molecule has 4 nitrogen and oxygen atoms in total. The summed E-state index contributed by atoms with van der Waals surface area (Å²) in [6.45, 7) is 5.14. The summed E-state index contributed by atoms with van der Waals surface area (Å²) in [6, 6.07) is 13.3. The Morgan fingerprint density at radius 1 is 0.957 bits per heavy atom. The van der Waals surface area contributed by atoms with E-state index in [9.17, 15) is 9.59 Å². The Balaban J connectivity index is 1.73. The van der Waals surface area contributed by atoms with Crippen LogP contribution < -0.4 is 0 Å². The van der Waals surface area contributed by atoms with Gasteiger partial charge in [0, 0.05) is 6.54 Å². The van der Waals surface area contributed by atoms with Crippen LogP contribution in [0.25, 0.3) is 0 Å². The SMILES string of the molecule is Cc1ccc(CN(C)CN2C(=O)c3ccccc3C2=O)c(C)c1. The monoisotopic (exact) mass is 308 g/mol. The molecule has 0 unspecified atom stereocenters. The summed E-state index contributed by atoms with van der Waals surface area (Å²) in [6.07, 6.45) is 0. The van der Waals surface area contributed by atoms with E-state index in [0.717, 1.165) is 0 Å². The van der Waals surface area contributed by atoms with E-state index in [4.69, 9.17) is 0 Å². The number of fused-ring (bicyclic) bond motifs is 1. The number of hydrogen-bond donors (Lipinski definition) is 0. The van der Waals surface area contributed by atoms with E-state index in [2.05, 4.69) is 32.0 Å². The fraction of sp³-hybridized carbons (Fsp3) is 0.263. The first-order chi connectivity index (χ1) is 11.0. The molecule has 2 aromatic rings. The molecule has 0 fully saturated rings. The van der Waals surface area contributed by atoms with Crippen LogP contribution in [0, 0.1) is 13.8 Å². The highest BCUT2D eigenvalue weighted by atomic mass is 16.2. The van der Waals surface area contributed by atoms with Gasteiger partial charge in [0.05, 0.1) is 17.8 Å². The Kier molecular flexibility index (Phi) is 4.01. The first-order valence-electron chi connectivity index (χ1n) is 7.67. The Hall–Kier alpha value is -2.46. The maximum absolute atomic E-state index is 12.4. The van der Waals surface area contributed by atoms with Crippen molar-refractivity contribution in [3.8, 4) is 0 Å². The van der Waals surface area contributed by atoms with Crippen molar-refractivity contribution >= 4 is 11.8 Å². The number of imide groups is 1. The fourth-order valence-electron chi connectivity index (χ4n) is 2.97. The third kappa shape index (κ3) is 2.90. The molecule has 118 valence electrons. The topological polar surface area (TPSA) is 40.6 Å². The van der Waals surface area contributed by atoms with Gasteiger partial charge >= 0.3 is 0 Å². The lowest BCUT2D eigenvalue weighted by Gasteiger charge is -2.23. The van der Waals surface area contributed by atoms with Crippen LogP contribution in [-0.4, -0.2) is 35.3 Å². The predicted molar refractivity (Wildman–Crippen MR) is 89.2 cm³/mol. The number of carbonyl (C=O) groups excluding carboxylic acids is 2. The maximum atomic E-state index is 12.4. The predicted octanol–water partition coefficient (Wildman–Crippen LogP) is 2.99. The van der Waals surface area contributed by atoms with Crippen molar-refractivity contribution < 1.29 is 9.59 Å². The highest BCUT2D eigenvalue weighted by Gasteiger charge is 2.35. The fourth-order valence-corrected chi connectivity index (χ4v) is 2.97. The second-order valence-corrected chi connectivity index (χ2v) is 6.17. The normalized spacial score (nSPS) is 13.8. The van der Waals surface area contributed by atoms with Gasteiger partial charge in [-0.25, -0.2) is 0 Å². The van der Waals surface area contributed by atoms with E-state index < -0.39 is 0 Å². The van der Waals surface area contributed by atoms with Gasteiger partial charge < -0.3 is 0 Å². The van der Waals surface area contributed by atoms with Crippen LogP contribution in [0.5, 0.6) is 0 Å². The third-order valence-electron chi connectivity index (χ3n) is 4.20. The highest BCUT2D eigenvalue weighted by Crippen LogP contribution is 2.23. The van der Waals surface area contributed by atoms with Crippen LogP contribution >= 0.6 is 0 Å². The number of benzene rings is 2. The third-order valence-corrected chi connectivity index (χ3v) is 4.20. The molecule has 1 aliphatic rings. The summed E-state index contributed by atoms with van der Waals surface area (Å²) in [7, 11) is 1.92. The Bertz CT molecular complexity index is 748. The van der Waals surface area contributed by atoms with Crippen LogP contribution in [0.1, 0.15) is 37.4 Å². The minimum Gasteiger partial charge on any atom is -0.284 e. The van der Waals surface area contributed by atoms with Gasteiger partial charge in [-0.05, 0) is 44.2 Å². The molecule has 0 bridgehead atoms. The lowest BCUT2D eigenvalue weighted by atomic mass is 10.1. The van der Waals surface area contributed by atoms with E-state index in [-0.39, 0.29) is 11.8 Å². The van der Waals surface area contributed by atoms with Crippen molar-refractivity contribution in [1.29, 1.82) is 0 Å². The number of rotatable bonds is 4.